The van der Waals surface area contributed by atoms with Crippen LogP contribution < -0.4 is 0 Å². The second kappa shape index (κ2) is 8.49. The lowest BCUT2D eigenvalue weighted by atomic mass is 9.88. The molecule has 2 fully saturated rings. The first-order valence-corrected chi connectivity index (χ1v) is 6.76. The van der Waals surface area contributed by atoms with E-state index in [4.69, 9.17) is 0 Å². The summed E-state index contributed by atoms with van der Waals surface area (Å²) in [6, 6.07) is 0. The fourth-order valence-electron chi connectivity index (χ4n) is 2.64. The van der Waals surface area contributed by atoms with Crippen molar-refractivity contribution < 1.29 is 4.79 Å². The van der Waals surface area contributed by atoms with Gasteiger partial charge in [0.1, 0.15) is 5.78 Å². The van der Waals surface area contributed by atoms with Gasteiger partial charge in [-0.2, -0.15) is 0 Å². The van der Waals surface area contributed by atoms with Gasteiger partial charge in [0, 0.05) is 12.8 Å². The predicted molar refractivity (Wildman–Crippen MR) is 76.1 cm³/mol. The maximum Gasteiger partial charge on any atom is 0.133 e. The monoisotopic (exact) mass is 238 g/mol. The van der Waals surface area contributed by atoms with E-state index in [1.54, 1.807) is 0 Å². The average Bonchev–Trinajstić information content (AvgIpc) is 2.17. The van der Waals surface area contributed by atoms with Crippen LogP contribution in [0.4, 0.5) is 0 Å². The van der Waals surface area contributed by atoms with Crippen LogP contribution in [0.1, 0.15) is 72.6 Å². The van der Waals surface area contributed by atoms with Gasteiger partial charge in [-0.3, -0.25) is 4.79 Å². The smallest absolute Gasteiger partial charge is 0.133 e. The lowest BCUT2D eigenvalue weighted by Crippen LogP contribution is -2.11. The Kier molecular flexibility index (Phi) is 8.20. The van der Waals surface area contributed by atoms with Crippen molar-refractivity contribution in [3.8, 4) is 0 Å². The van der Waals surface area contributed by atoms with Crippen molar-refractivity contribution >= 4 is 5.78 Å². The van der Waals surface area contributed by atoms with E-state index in [9.17, 15) is 4.79 Å². The van der Waals surface area contributed by atoms with Crippen molar-refractivity contribution in [2.45, 2.75) is 72.6 Å². The third kappa shape index (κ3) is 7.36. The third-order valence-electron chi connectivity index (χ3n) is 3.59. The van der Waals surface area contributed by atoms with E-state index in [1.807, 2.05) is 0 Å². The van der Waals surface area contributed by atoms with E-state index in [0.29, 0.717) is 11.7 Å². The molecule has 0 aliphatic heterocycles. The van der Waals surface area contributed by atoms with E-state index >= 15 is 0 Å². The van der Waals surface area contributed by atoms with Gasteiger partial charge in [0.25, 0.3) is 0 Å². The van der Waals surface area contributed by atoms with Crippen molar-refractivity contribution in [3.05, 3.63) is 12.2 Å². The molecule has 100 valence electrons. The van der Waals surface area contributed by atoms with Gasteiger partial charge in [-0.25, -0.2) is 0 Å². The Morgan fingerprint density at radius 2 is 1.53 bits per heavy atom. The highest BCUT2D eigenvalue weighted by molar-refractivity contribution is 5.79. The number of rotatable bonds is 0. The molecule has 0 aromatic heterocycles. The summed E-state index contributed by atoms with van der Waals surface area (Å²) in [7, 11) is 0. The molecule has 0 radical (unpaired) electrons. The average molecular weight is 238 g/mol. The molecule has 2 rings (SSSR count). The summed E-state index contributed by atoms with van der Waals surface area (Å²) in [5.41, 5.74) is 1.46. The zero-order valence-electron chi connectivity index (χ0n) is 10.9. The highest BCUT2D eigenvalue weighted by Gasteiger charge is 2.14. The Morgan fingerprint density at radius 1 is 1.00 bits per heavy atom. The number of carbonyl (C=O) groups is 1. The minimum Gasteiger partial charge on any atom is -0.300 e. The molecule has 1 nitrogen and oxygen atoms in total. The summed E-state index contributed by atoms with van der Waals surface area (Å²) < 4.78 is 0. The van der Waals surface area contributed by atoms with Gasteiger partial charge in [0.05, 0.1) is 0 Å². The molecular formula is C16H30O. The molecule has 0 aromatic carbocycles. The Morgan fingerprint density at radius 3 is 1.82 bits per heavy atom. The van der Waals surface area contributed by atoms with Crippen LogP contribution in [0.15, 0.2) is 12.2 Å². The minimum atomic E-state index is 0. The number of hydrogen-bond acceptors (Lipinski definition) is 1. The number of ketones is 1. The number of Topliss-reactive ketones (excluding diaryl/α,β-unsaturated/α-hetero) is 1. The molecule has 2 aliphatic rings. The van der Waals surface area contributed by atoms with Gasteiger partial charge in [-0.05, 0) is 43.9 Å². The molecule has 2 atom stereocenters. The molecule has 2 aliphatic carbocycles. The fraction of sp³-hybridized carbons (Fsp3) is 0.812. The fourth-order valence-corrected chi connectivity index (χ4v) is 2.64. The molecule has 0 bridgehead atoms. The Labute approximate surface area is 108 Å². The van der Waals surface area contributed by atoms with Crippen LogP contribution in [0.2, 0.25) is 0 Å². The van der Waals surface area contributed by atoms with E-state index in [0.717, 1.165) is 25.2 Å². The van der Waals surface area contributed by atoms with Crippen LogP contribution in [-0.4, -0.2) is 5.78 Å². The lowest BCUT2D eigenvalue weighted by molar-refractivity contribution is -0.121. The number of allylic oxidation sites excluding steroid dienone is 1. The molecular weight excluding hydrogens is 208 g/mol. The van der Waals surface area contributed by atoms with Crippen molar-refractivity contribution in [2.75, 3.05) is 0 Å². The van der Waals surface area contributed by atoms with E-state index < -0.39 is 0 Å². The second-order valence-electron chi connectivity index (χ2n) is 5.69. The normalized spacial score (nSPS) is 28.8. The summed E-state index contributed by atoms with van der Waals surface area (Å²) in [5, 5.41) is 0. The number of carbonyl (C=O) groups excluding carboxylic acids is 1. The summed E-state index contributed by atoms with van der Waals surface area (Å²) in [5.74, 6) is 2.04. The summed E-state index contributed by atoms with van der Waals surface area (Å²) in [6.45, 7) is 8.42. The van der Waals surface area contributed by atoms with Crippen LogP contribution in [0.25, 0.3) is 0 Å². The molecule has 0 amide bonds. The predicted octanol–water partition coefficient (Wildman–Crippen LogP) is 5.15. The molecule has 17 heavy (non-hydrogen) atoms. The van der Waals surface area contributed by atoms with Crippen LogP contribution in [-0.2, 0) is 4.79 Å². The first-order chi connectivity index (χ1) is 7.58. The minimum absolute atomic E-state index is 0. The van der Waals surface area contributed by atoms with Gasteiger partial charge in [0.2, 0.25) is 0 Å². The van der Waals surface area contributed by atoms with Gasteiger partial charge in [-0.15, -0.1) is 0 Å². The largest absolute Gasteiger partial charge is 0.300 e. The third-order valence-corrected chi connectivity index (χ3v) is 3.59. The molecule has 2 saturated carbocycles. The lowest BCUT2D eigenvalue weighted by Gasteiger charge is -2.18. The van der Waals surface area contributed by atoms with E-state index in [-0.39, 0.29) is 7.43 Å². The zero-order valence-corrected chi connectivity index (χ0v) is 10.9. The Balaban J connectivity index is 0.000000284. The summed E-state index contributed by atoms with van der Waals surface area (Å²) in [6.07, 6.45) is 9.40. The van der Waals surface area contributed by atoms with E-state index in [2.05, 4.69) is 20.4 Å². The molecule has 0 unspecified atom stereocenters. The highest BCUT2D eigenvalue weighted by atomic mass is 16.1. The zero-order chi connectivity index (χ0) is 12.0. The quantitative estimate of drug-likeness (QED) is 0.533. The van der Waals surface area contributed by atoms with Crippen LogP contribution >= 0.6 is 0 Å². The number of hydrogen-bond donors (Lipinski definition) is 0. The SMILES string of the molecule is C.C=C1CCC[C@@H](C)C1.C[C@@H]1CCCC(=O)C1. The first kappa shape index (κ1) is 16.4. The topological polar surface area (TPSA) is 17.1 Å². The maximum absolute atomic E-state index is 10.7. The Bertz CT molecular complexity index is 216. The van der Waals surface area contributed by atoms with Crippen molar-refractivity contribution in [3.63, 3.8) is 0 Å². The molecule has 0 aromatic rings. The molecule has 1 heteroatoms. The second-order valence-corrected chi connectivity index (χ2v) is 5.69. The van der Waals surface area contributed by atoms with Crippen LogP contribution in [0.3, 0.4) is 0 Å². The van der Waals surface area contributed by atoms with Crippen molar-refractivity contribution in [1.29, 1.82) is 0 Å². The summed E-state index contributed by atoms with van der Waals surface area (Å²) in [4.78, 5) is 10.7. The molecule has 0 N–H and O–H groups in total. The molecule has 0 spiro atoms. The van der Waals surface area contributed by atoms with Crippen molar-refractivity contribution in [1.82, 2.24) is 0 Å². The van der Waals surface area contributed by atoms with Crippen LogP contribution in [0.5, 0.6) is 0 Å². The molecule has 0 saturated heterocycles. The Hall–Kier alpha value is -0.590. The van der Waals surface area contributed by atoms with Crippen molar-refractivity contribution in [2.24, 2.45) is 11.8 Å². The maximum atomic E-state index is 10.7. The van der Waals surface area contributed by atoms with E-state index in [1.165, 1.54) is 37.7 Å². The van der Waals surface area contributed by atoms with Crippen LogP contribution in [0, 0.1) is 11.8 Å². The molecule has 0 heterocycles. The highest BCUT2D eigenvalue weighted by Crippen LogP contribution is 2.26. The summed E-state index contributed by atoms with van der Waals surface area (Å²) >= 11 is 0. The van der Waals surface area contributed by atoms with Gasteiger partial charge in [-0.1, -0.05) is 39.8 Å². The van der Waals surface area contributed by atoms with Gasteiger partial charge < -0.3 is 0 Å². The van der Waals surface area contributed by atoms with Gasteiger partial charge >= 0.3 is 0 Å². The standard InChI is InChI=1S/C8H14.C7H12O.CH4/c1-7-4-3-5-8(2)6-7;1-6-3-2-4-7(8)5-6;/h8H,1,3-6H2,2H3;6H,2-5H2,1H3;1H4/t8-;6-;/m11./s1. The van der Waals surface area contributed by atoms with Gasteiger partial charge in [0.15, 0.2) is 0 Å². The first-order valence-electron chi connectivity index (χ1n) is 6.76.